The van der Waals surface area contributed by atoms with E-state index in [0.29, 0.717) is 11.8 Å². The van der Waals surface area contributed by atoms with Gasteiger partial charge in [-0.1, -0.05) is 13.8 Å². The normalized spacial score (nSPS) is 14.6. The van der Waals surface area contributed by atoms with Crippen molar-refractivity contribution in [3.63, 3.8) is 0 Å². The van der Waals surface area contributed by atoms with Crippen LogP contribution in [0.2, 0.25) is 0 Å². The lowest BCUT2D eigenvalue weighted by atomic mass is 10.0. The molecule has 1 aliphatic rings. The van der Waals surface area contributed by atoms with Crippen molar-refractivity contribution in [1.29, 1.82) is 0 Å². The Morgan fingerprint density at radius 3 is 3.07 bits per heavy atom. The van der Waals surface area contributed by atoms with E-state index in [1.54, 1.807) is 6.20 Å². The van der Waals surface area contributed by atoms with Crippen LogP contribution in [0, 0.1) is 0 Å². The number of anilines is 1. The number of amides is 1. The van der Waals surface area contributed by atoms with Crippen molar-refractivity contribution in [2.75, 3.05) is 11.9 Å². The summed E-state index contributed by atoms with van der Waals surface area (Å²) in [6.45, 7) is 4.19. The van der Waals surface area contributed by atoms with Crippen LogP contribution in [0.3, 0.4) is 0 Å². The highest BCUT2D eigenvalue weighted by molar-refractivity contribution is 5.95. The van der Waals surface area contributed by atoms with Gasteiger partial charge in [0, 0.05) is 6.20 Å². The van der Waals surface area contributed by atoms with E-state index in [1.807, 2.05) is 6.07 Å². The number of pyridine rings is 1. The second-order valence-electron chi connectivity index (χ2n) is 3.57. The Morgan fingerprint density at radius 2 is 2.36 bits per heavy atom. The van der Waals surface area contributed by atoms with Crippen LogP contribution in [-0.4, -0.2) is 17.5 Å². The number of nitrogens with zero attached hydrogens (tertiary/aromatic N) is 1. The first-order chi connectivity index (χ1) is 6.68. The number of ether oxygens (including phenoxy) is 1. The molecular formula is C10H12N2O2. The van der Waals surface area contributed by atoms with Gasteiger partial charge in [0.2, 0.25) is 5.88 Å². The van der Waals surface area contributed by atoms with Crippen molar-refractivity contribution >= 4 is 11.6 Å². The number of carbonyl (C=O) groups excluding carboxylic acids is 1. The van der Waals surface area contributed by atoms with Crippen LogP contribution in [0.5, 0.6) is 5.88 Å². The Kier molecular flexibility index (Phi) is 2.11. The van der Waals surface area contributed by atoms with Crippen LogP contribution in [0.25, 0.3) is 0 Å². The van der Waals surface area contributed by atoms with E-state index in [1.165, 1.54) is 0 Å². The Labute approximate surface area is 82.3 Å². The third-order valence-corrected chi connectivity index (χ3v) is 2.17. The summed E-state index contributed by atoms with van der Waals surface area (Å²) in [6.07, 6.45) is 1.70. The number of hydrogen-bond acceptors (Lipinski definition) is 3. The van der Waals surface area contributed by atoms with Gasteiger partial charge in [-0.2, -0.15) is 0 Å². The summed E-state index contributed by atoms with van der Waals surface area (Å²) in [6, 6.07) is 1.90. The molecule has 0 aromatic carbocycles. The third-order valence-electron chi connectivity index (χ3n) is 2.17. The second kappa shape index (κ2) is 3.29. The molecule has 0 aliphatic carbocycles. The van der Waals surface area contributed by atoms with Crippen molar-refractivity contribution in [1.82, 2.24) is 4.98 Å². The number of hydrogen-bond donors (Lipinski definition) is 1. The van der Waals surface area contributed by atoms with Gasteiger partial charge >= 0.3 is 0 Å². The van der Waals surface area contributed by atoms with Gasteiger partial charge in [0.05, 0.1) is 0 Å². The molecule has 0 fully saturated rings. The molecule has 74 valence electrons. The van der Waals surface area contributed by atoms with E-state index in [0.717, 1.165) is 11.3 Å². The van der Waals surface area contributed by atoms with Crippen LogP contribution in [0.1, 0.15) is 25.3 Å². The Morgan fingerprint density at radius 1 is 1.57 bits per heavy atom. The molecular weight excluding hydrogens is 180 g/mol. The standard InChI is InChI=1S/C10H12N2O2/c1-6(2)7-3-4-11-10-9(7)12-8(13)5-14-10/h3-4,6H,5H2,1-2H3,(H,12,13). The lowest BCUT2D eigenvalue weighted by molar-refractivity contribution is -0.118. The highest BCUT2D eigenvalue weighted by Crippen LogP contribution is 2.32. The summed E-state index contributed by atoms with van der Waals surface area (Å²) in [5, 5.41) is 2.78. The molecule has 1 N–H and O–H groups in total. The van der Waals surface area contributed by atoms with Crippen molar-refractivity contribution in [2.45, 2.75) is 19.8 Å². The van der Waals surface area contributed by atoms with E-state index in [9.17, 15) is 4.79 Å². The smallest absolute Gasteiger partial charge is 0.262 e. The molecule has 1 aromatic heterocycles. The molecule has 0 bridgehead atoms. The SMILES string of the molecule is CC(C)c1ccnc2c1NC(=O)CO2. The zero-order chi connectivity index (χ0) is 10.1. The highest BCUT2D eigenvalue weighted by Gasteiger charge is 2.20. The first kappa shape index (κ1) is 8.99. The molecule has 0 unspecified atom stereocenters. The molecule has 0 saturated heterocycles. The summed E-state index contributed by atoms with van der Waals surface area (Å²) in [5.41, 5.74) is 1.78. The van der Waals surface area contributed by atoms with Crippen molar-refractivity contribution < 1.29 is 9.53 Å². The molecule has 1 aliphatic heterocycles. The van der Waals surface area contributed by atoms with Crippen LogP contribution in [-0.2, 0) is 4.79 Å². The predicted molar refractivity (Wildman–Crippen MR) is 52.5 cm³/mol. The van der Waals surface area contributed by atoms with E-state index in [-0.39, 0.29) is 12.5 Å². The molecule has 0 saturated carbocycles. The first-order valence-electron chi connectivity index (χ1n) is 4.60. The topological polar surface area (TPSA) is 51.2 Å². The van der Waals surface area contributed by atoms with E-state index >= 15 is 0 Å². The average molecular weight is 192 g/mol. The third kappa shape index (κ3) is 1.43. The first-order valence-corrected chi connectivity index (χ1v) is 4.60. The monoisotopic (exact) mass is 192 g/mol. The number of fused-ring (bicyclic) bond motifs is 1. The van der Waals surface area contributed by atoms with Crippen LogP contribution in [0.15, 0.2) is 12.3 Å². The second-order valence-corrected chi connectivity index (χ2v) is 3.57. The van der Waals surface area contributed by atoms with Crippen LogP contribution < -0.4 is 10.1 Å². The molecule has 0 radical (unpaired) electrons. The van der Waals surface area contributed by atoms with Gasteiger partial charge in [0.15, 0.2) is 6.61 Å². The summed E-state index contributed by atoms with van der Waals surface area (Å²) >= 11 is 0. The van der Waals surface area contributed by atoms with E-state index in [4.69, 9.17) is 4.74 Å². The molecule has 14 heavy (non-hydrogen) atoms. The Hall–Kier alpha value is -1.58. The Bertz CT molecular complexity index is 374. The van der Waals surface area contributed by atoms with Gasteiger partial charge in [-0.05, 0) is 17.5 Å². The lowest BCUT2D eigenvalue weighted by Crippen LogP contribution is -2.27. The fourth-order valence-corrected chi connectivity index (χ4v) is 1.48. The molecule has 4 heteroatoms. The molecule has 0 atom stereocenters. The number of carbonyl (C=O) groups is 1. The lowest BCUT2D eigenvalue weighted by Gasteiger charge is -2.20. The Balaban J connectivity index is 2.48. The van der Waals surface area contributed by atoms with Crippen molar-refractivity contribution in [3.05, 3.63) is 17.8 Å². The van der Waals surface area contributed by atoms with Gasteiger partial charge in [-0.3, -0.25) is 4.79 Å². The largest absolute Gasteiger partial charge is 0.466 e. The maximum absolute atomic E-state index is 11.1. The predicted octanol–water partition coefficient (Wildman–Crippen LogP) is 1.54. The summed E-state index contributed by atoms with van der Waals surface area (Å²) in [4.78, 5) is 15.2. The molecule has 1 aromatic rings. The number of aromatic nitrogens is 1. The molecule has 4 nitrogen and oxygen atoms in total. The van der Waals surface area contributed by atoms with Gasteiger partial charge < -0.3 is 10.1 Å². The maximum atomic E-state index is 11.1. The van der Waals surface area contributed by atoms with Gasteiger partial charge in [-0.25, -0.2) is 4.98 Å². The van der Waals surface area contributed by atoms with Crippen LogP contribution in [0.4, 0.5) is 5.69 Å². The highest BCUT2D eigenvalue weighted by atomic mass is 16.5. The van der Waals surface area contributed by atoms with Gasteiger partial charge in [0.1, 0.15) is 5.69 Å². The molecule has 1 amide bonds. The zero-order valence-corrected chi connectivity index (χ0v) is 8.20. The number of rotatable bonds is 1. The fraction of sp³-hybridized carbons (Fsp3) is 0.400. The number of nitrogens with one attached hydrogen (secondary N) is 1. The molecule has 2 rings (SSSR count). The van der Waals surface area contributed by atoms with Crippen molar-refractivity contribution in [2.24, 2.45) is 0 Å². The minimum absolute atomic E-state index is 0.0571. The average Bonchev–Trinajstić information content (AvgIpc) is 2.16. The van der Waals surface area contributed by atoms with Gasteiger partial charge in [-0.15, -0.1) is 0 Å². The van der Waals surface area contributed by atoms with Gasteiger partial charge in [0.25, 0.3) is 5.91 Å². The van der Waals surface area contributed by atoms with Crippen molar-refractivity contribution in [3.8, 4) is 5.88 Å². The maximum Gasteiger partial charge on any atom is 0.262 e. The molecule has 0 spiro atoms. The summed E-state index contributed by atoms with van der Waals surface area (Å²) in [5.74, 6) is 0.747. The minimum atomic E-state index is -0.118. The zero-order valence-electron chi connectivity index (χ0n) is 8.20. The molecule has 2 heterocycles. The van der Waals surface area contributed by atoms with E-state index < -0.39 is 0 Å². The summed E-state index contributed by atoms with van der Waals surface area (Å²) in [7, 11) is 0. The summed E-state index contributed by atoms with van der Waals surface area (Å²) < 4.78 is 5.20. The van der Waals surface area contributed by atoms with E-state index in [2.05, 4.69) is 24.1 Å². The fourth-order valence-electron chi connectivity index (χ4n) is 1.48. The van der Waals surface area contributed by atoms with Crippen LogP contribution >= 0.6 is 0 Å². The minimum Gasteiger partial charge on any atom is -0.466 e. The quantitative estimate of drug-likeness (QED) is 0.734.